The summed E-state index contributed by atoms with van der Waals surface area (Å²) >= 11 is 0. The monoisotopic (exact) mass is 296 g/mol. The summed E-state index contributed by atoms with van der Waals surface area (Å²) < 4.78 is 1.47. The summed E-state index contributed by atoms with van der Waals surface area (Å²) in [6.45, 7) is 2.79. The lowest BCUT2D eigenvalue weighted by Crippen LogP contribution is -2.40. The predicted molar refractivity (Wildman–Crippen MR) is 85.9 cm³/mol. The number of fused-ring (bicyclic) bond motifs is 1. The van der Waals surface area contributed by atoms with Crippen molar-refractivity contribution in [2.24, 2.45) is 7.05 Å². The molecule has 2 aromatic rings. The van der Waals surface area contributed by atoms with Crippen LogP contribution in [0, 0.1) is 0 Å². The van der Waals surface area contributed by atoms with Crippen LogP contribution in [-0.4, -0.2) is 21.9 Å². The molecule has 3 rings (SSSR count). The van der Waals surface area contributed by atoms with Gasteiger partial charge in [-0.25, -0.2) is 0 Å². The first kappa shape index (κ1) is 14.6. The zero-order valence-electron chi connectivity index (χ0n) is 13.0. The first-order chi connectivity index (χ1) is 10.6. The molecular weight excluding hydrogens is 276 g/mol. The number of aryl methyl sites for hydroxylation is 1. The third-order valence-electron chi connectivity index (χ3n) is 4.41. The number of hydrogen-bond acceptors (Lipinski definition) is 2. The third kappa shape index (κ3) is 2.45. The van der Waals surface area contributed by atoms with Crippen molar-refractivity contribution >= 4 is 5.91 Å². The molecule has 0 fully saturated rings. The summed E-state index contributed by atoms with van der Waals surface area (Å²) in [6, 6.07) is 11.5. The summed E-state index contributed by atoms with van der Waals surface area (Å²) in [5.41, 5.74) is 2.87. The predicted octanol–water partition coefficient (Wildman–Crippen LogP) is 2.53. The lowest BCUT2D eigenvalue weighted by molar-refractivity contribution is 0.0655. The van der Waals surface area contributed by atoms with E-state index >= 15 is 0 Å². The first-order valence-corrected chi connectivity index (χ1v) is 7.67. The van der Waals surface area contributed by atoms with E-state index in [1.54, 1.807) is 19.3 Å². The number of nitrogens with zero attached hydrogens (tertiary/aromatic N) is 2. The van der Waals surface area contributed by atoms with Crippen molar-refractivity contribution < 1.29 is 4.79 Å². The molecule has 22 heavy (non-hydrogen) atoms. The smallest absolute Gasteiger partial charge is 0.254 e. The van der Waals surface area contributed by atoms with Gasteiger partial charge in [0.05, 0.1) is 6.04 Å². The summed E-state index contributed by atoms with van der Waals surface area (Å²) in [5, 5.41) is 0. The molecule has 1 aromatic carbocycles. The van der Waals surface area contributed by atoms with E-state index in [-0.39, 0.29) is 17.5 Å². The minimum absolute atomic E-state index is 0.0564. The van der Waals surface area contributed by atoms with Crippen LogP contribution in [0.15, 0.2) is 47.4 Å². The molecule has 0 bridgehead atoms. The van der Waals surface area contributed by atoms with Crippen LogP contribution >= 0.6 is 0 Å². The second-order valence-electron chi connectivity index (χ2n) is 5.74. The number of carbonyl (C=O) groups excluding carboxylic acids is 1. The molecule has 1 aliphatic heterocycles. The van der Waals surface area contributed by atoms with Gasteiger partial charge in [0.15, 0.2) is 0 Å². The van der Waals surface area contributed by atoms with Crippen LogP contribution in [0.25, 0.3) is 0 Å². The Balaban J connectivity index is 1.96. The van der Waals surface area contributed by atoms with Crippen LogP contribution in [-0.2, 0) is 13.5 Å². The Hall–Kier alpha value is -2.36. The molecular formula is C18H20N2O2. The van der Waals surface area contributed by atoms with Crippen LogP contribution < -0.4 is 5.56 Å². The van der Waals surface area contributed by atoms with E-state index in [0.29, 0.717) is 12.1 Å². The molecule has 0 saturated carbocycles. The summed E-state index contributed by atoms with van der Waals surface area (Å²) in [6.07, 6.45) is 3.38. The molecule has 1 amide bonds. The van der Waals surface area contributed by atoms with Crippen LogP contribution in [0.5, 0.6) is 0 Å². The Morgan fingerprint density at radius 2 is 2.05 bits per heavy atom. The van der Waals surface area contributed by atoms with Gasteiger partial charge in [-0.05, 0) is 30.0 Å². The number of pyridine rings is 1. The molecule has 0 radical (unpaired) electrons. The molecule has 2 heterocycles. The Labute approximate surface area is 130 Å². The van der Waals surface area contributed by atoms with Gasteiger partial charge in [-0.1, -0.05) is 31.2 Å². The Morgan fingerprint density at radius 1 is 1.27 bits per heavy atom. The Kier molecular flexibility index (Phi) is 3.84. The first-order valence-electron chi connectivity index (χ1n) is 7.67. The minimum atomic E-state index is -0.156. The zero-order valence-corrected chi connectivity index (χ0v) is 13.0. The maximum absolute atomic E-state index is 12.8. The van der Waals surface area contributed by atoms with E-state index in [1.807, 2.05) is 17.0 Å². The number of hydrogen-bond donors (Lipinski definition) is 0. The van der Waals surface area contributed by atoms with Crippen molar-refractivity contribution in [2.75, 3.05) is 6.54 Å². The molecule has 1 atom stereocenters. The molecule has 0 aliphatic carbocycles. The molecule has 1 unspecified atom stereocenters. The van der Waals surface area contributed by atoms with Crippen molar-refractivity contribution in [3.63, 3.8) is 0 Å². The normalized spacial score (nSPS) is 17.2. The molecule has 1 aliphatic rings. The lowest BCUT2D eigenvalue weighted by Gasteiger charge is -2.37. The van der Waals surface area contributed by atoms with Crippen molar-refractivity contribution in [1.82, 2.24) is 9.47 Å². The van der Waals surface area contributed by atoms with Crippen molar-refractivity contribution in [1.29, 1.82) is 0 Å². The average molecular weight is 296 g/mol. The van der Waals surface area contributed by atoms with E-state index in [2.05, 4.69) is 19.1 Å². The van der Waals surface area contributed by atoms with E-state index in [0.717, 1.165) is 12.8 Å². The van der Waals surface area contributed by atoms with Crippen molar-refractivity contribution in [3.8, 4) is 0 Å². The van der Waals surface area contributed by atoms with Gasteiger partial charge in [0.1, 0.15) is 0 Å². The Morgan fingerprint density at radius 3 is 2.77 bits per heavy atom. The van der Waals surface area contributed by atoms with Crippen LogP contribution in [0.4, 0.5) is 0 Å². The van der Waals surface area contributed by atoms with E-state index in [1.165, 1.54) is 21.8 Å². The Bertz CT molecular complexity index is 764. The summed E-state index contributed by atoms with van der Waals surface area (Å²) in [4.78, 5) is 26.5. The van der Waals surface area contributed by atoms with Gasteiger partial charge in [-0.2, -0.15) is 0 Å². The fourth-order valence-electron chi connectivity index (χ4n) is 3.18. The number of rotatable bonds is 2. The number of aromatic nitrogens is 1. The standard InChI is InChI=1S/C18H20N2O2/c1-3-16-15-7-5-4-6-13(15)9-11-20(16)18(22)14-8-10-19(2)17(21)12-14/h4-8,10,12,16H,3,9,11H2,1-2H3. The number of carbonyl (C=O) groups is 1. The maximum Gasteiger partial charge on any atom is 0.254 e. The highest BCUT2D eigenvalue weighted by Gasteiger charge is 2.29. The highest BCUT2D eigenvalue weighted by atomic mass is 16.2. The van der Waals surface area contributed by atoms with Gasteiger partial charge in [-0.15, -0.1) is 0 Å². The quantitative estimate of drug-likeness (QED) is 0.854. The van der Waals surface area contributed by atoms with Crippen molar-refractivity contribution in [2.45, 2.75) is 25.8 Å². The maximum atomic E-state index is 12.8. The summed E-state index contributed by atoms with van der Waals surface area (Å²) in [5.74, 6) is -0.0564. The van der Waals surface area contributed by atoms with Gasteiger partial charge < -0.3 is 9.47 Å². The number of benzene rings is 1. The van der Waals surface area contributed by atoms with E-state index < -0.39 is 0 Å². The molecule has 0 spiro atoms. The fourth-order valence-corrected chi connectivity index (χ4v) is 3.18. The summed E-state index contributed by atoms with van der Waals surface area (Å²) in [7, 11) is 1.68. The SMILES string of the molecule is CCC1c2ccccc2CCN1C(=O)c1ccn(C)c(=O)c1. The van der Waals surface area contributed by atoms with Crippen LogP contribution in [0.2, 0.25) is 0 Å². The largest absolute Gasteiger partial charge is 0.331 e. The molecule has 4 nitrogen and oxygen atoms in total. The van der Waals surface area contributed by atoms with Gasteiger partial charge in [-0.3, -0.25) is 9.59 Å². The number of amides is 1. The zero-order chi connectivity index (χ0) is 15.7. The molecule has 0 N–H and O–H groups in total. The second-order valence-corrected chi connectivity index (χ2v) is 5.74. The van der Waals surface area contributed by atoms with E-state index in [4.69, 9.17) is 0 Å². The van der Waals surface area contributed by atoms with E-state index in [9.17, 15) is 9.59 Å². The van der Waals surface area contributed by atoms with Gasteiger partial charge >= 0.3 is 0 Å². The minimum Gasteiger partial charge on any atom is -0.331 e. The highest BCUT2D eigenvalue weighted by molar-refractivity contribution is 5.94. The molecule has 0 saturated heterocycles. The van der Waals surface area contributed by atoms with Gasteiger partial charge in [0, 0.05) is 31.4 Å². The lowest BCUT2D eigenvalue weighted by atomic mass is 9.90. The molecule has 1 aromatic heterocycles. The topological polar surface area (TPSA) is 42.3 Å². The second kappa shape index (κ2) is 5.79. The third-order valence-corrected chi connectivity index (χ3v) is 4.41. The van der Waals surface area contributed by atoms with Crippen LogP contribution in [0.1, 0.15) is 40.9 Å². The van der Waals surface area contributed by atoms with Gasteiger partial charge in [0.25, 0.3) is 11.5 Å². The van der Waals surface area contributed by atoms with Crippen LogP contribution in [0.3, 0.4) is 0 Å². The highest BCUT2D eigenvalue weighted by Crippen LogP contribution is 2.32. The van der Waals surface area contributed by atoms with Gasteiger partial charge in [0.2, 0.25) is 0 Å². The molecule has 114 valence electrons. The molecule has 4 heteroatoms. The average Bonchev–Trinajstić information content (AvgIpc) is 2.55. The van der Waals surface area contributed by atoms with Crippen molar-refractivity contribution in [3.05, 3.63) is 69.6 Å². The fraction of sp³-hybridized carbons (Fsp3) is 0.333.